The summed E-state index contributed by atoms with van der Waals surface area (Å²) >= 11 is 0. The zero-order valence-electron chi connectivity index (χ0n) is 17.5. The van der Waals surface area contributed by atoms with Gasteiger partial charge >= 0.3 is 0 Å². The molecule has 0 radical (unpaired) electrons. The minimum absolute atomic E-state index is 0.0334. The number of hydrogen-bond acceptors (Lipinski definition) is 6. The van der Waals surface area contributed by atoms with Crippen molar-refractivity contribution in [3.63, 3.8) is 0 Å². The molecule has 2 aromatic carbocycles. The molecule has 1 amide bonds. The second-order valence-corrected chi connectivity index (χ2v) is 7.75. The molecule has 7 nitrogen and oxygen atoms in total. The van der Waals surface area contributed by atoms with E-state index in [1.54, 1.807) is 12.1 Å². The van der Waals surface area contributed by atoms with E-state index >= 15 is 0 Å². The third-order valence-corrected chi connectivity index (χ3v) is 4.91. The van der Waals surface area contributed by atoms with Gasteiger partial charge in [0.05, 0.1) is 0 Å². The number of amides is 1. The lowest BCUT2D eigenvalue weighted by Crippen LogP contribution is -2.31. The maximum atomic E-state index is 13.3. The summed E-state index contributed by atoms with van der Waals surface area (Å²) in [5, 5.41) is 12.5. The molecule has 31 heavy (non-hydrogen) atoms. The number of carbonyl (C=O) groups is 1. The van der Waals surface area contributed by atoms with Crippen molar-refractivity contribution in [1.82, 2.24) is 20.6 Å². The number of halogens is 1. The summed E-state index contributed by atoms with van der Waals surface area (Å²) in [4.78, 5) is 21.5. The molecule has 8 heteroatoms. The second-order valence-electron chi connectivity index (χ2n) is 7.75. The van der Waals surface area contributed by atoms with Crippen LogP contribution in [0.15, 0.2) is 48.7 Å². The molecule has 0 unspecified atom stereocenters. The van der Waals surface area contributed by atoms with E-state index in [0.717, 1.165) is 25.2 Å². The topological polar surface area (TPSA) is 91.0 Å². The van der Waals surface area contributed by atoms with Gasteiger partial charge in [-0.15, -0.1) is 0 Å². The predicted molar refractivity (Wildman–Crippen MR) is 119 cm³/mol. The Morgan fingerprint density at radius 1 is 1.06 bits per heavy atom. The molecule has 0 saturated heterocycles. The van der Waals surface area contributed by atoms with Gasteiger partial charge in [-0.2, -0.15) is 4.98 Å². The van der Waals surface area contributed by atoms with Crippen LogP contribution in [0.2, 0.25) is 0 Å². The van der Waals surface area contributed by atoms with E-state index in [2.05, 4.69) is 43.4 Å². The summed E-state index contributed by atoms with van der Waals surface area (Å²) in [6, 6.07) is 12.0. The summed E-state index contributed by atoms with van der Waals surface area (Å²) in [5.74, 6) is 0.0763. The molecule has 0 bridgehead atoms. The van der Waals surface area contributed by atoms with Gasteiger partial charge in [-0.25, -0.2) is 9.37 Å². The Morgan fingerprint density at radius 3 is 2.61 bits per heavy atom. The molecule has 2 heterocycles. The van der Waals surface area contributed by atoms with Gasteiger partial charge in [0.2, 0.25) is 5.95 Å². The number of benzene rings is 2. The first-order valence-electron chi connectivity index (χ1n) is 10.3. The summed E-state index contributed by atoms with van der Waals surface area (Å²) in [7, 11) is 0. The lowest BCUT2D eigenvalue weighted by atomic mass is 10.0. The van der Waals surface area contributed by atoms with Crippen molar-refractivity contribution < 1.29 is 9.18 Å². The van der Waals surface area contributed by atoms with Gasteiger partial charge in [0.15, 0.2) is 0 Å². The molecule has 0 aliphatic carbocycles. The summed E-state index contributed by atoms with van der Waals surface area (Å²) in [6.45, 7) is 5.59. The van der Waals surface area contributed by atoms with E-state index in [4.69, 9.17) is 0 Å². The zero-order valence-corrected chi connectivity index (χ0v) is 17.5. The molecule has 0 atom stereocenters. The van der Waals surface area contributed by atoms with E-state index in [1.807, 2.05) is 19.9 Å². The zero-order chi connectivity index (χ0) is 21.8. The average Bonchev–Trinajstić information content (AvgIpc) is 2.75. The van der Waals surface area contributed by atoms with E-state index in [9.17, 15) is 9.18 Å². The molecule has 1 aliphatic rings. The normalized spacial score (nSPS) is 12.9. The van der Waals surface area contributed by atoms with Crippen LogP contribution in [0.4, 0.5) is 27.5 Å². The average molecular weight is 420 g/mol. The van der Waals surface area contributed by atoms with Crippen LogP contribution in [-0.2, 0) is 13.0 Å². The van der Waals surface area contributed by atoms with Gasteiger partial charge < -0.3 is 21.3 Å². The lowest BCUT2D eigenvalue weighted by molar-refractivity contribution is 0.0943. The van der Waals surface area contributed by atoms with Gasteiger partial charge in [-0.3, -0.25) is 4.79 Å². The number of anilines is 4. The second kappa shape index (κ2) is 9.09. The number of nitrogens with zero attached hydrogens (tertiary/aromatic N) is 2. The molecular weight excluding hydrogens is 395 g/mol. The third-order valence-electron chi connectivity index (χ3n) is 4.91. The minimum atomic E-state index is -0.337. The van der Waals surface area contributed by atoms with Crippen LogP contribution in [-0.4, -0.2) is 28.5 Å². The highest BCUT2D eigenvalue weighted by Gasteiger charge is 2.17. The Kier molecular flexibility index (Phi) is 6.08. The fourth-order valence-corrected chi connectivity index (χ4v) is 3.40. The van der Waals surface area contributed by atoms with Crippen LogP contribution in [0.5, 0.6) is 0 Å². The molecule has 4 N–H and O–H groups in total. The summed E-state index contributed by atoms with van der Waals surface area (Å²) in [5.41, 5.74) is 4.39. The van der Waals surface area contributed by atoms with E-state index in [0.29, 0.717) is 23.0 Å². The van der Waals surface area contributed by atoms with Crippen LogP contribution in [0.3, 0.4) is 0 Å². The monoisotopic (exact) mass is 420 g/mol. The molecule has 1 aromatic heterocycles. The molecule has 0 fully saturated rings. The third kappa shape index (κ3) is 5.16. The number of hydrogen-bond donors (Lipinski definition) is 4. The van der Waals surface area contributed by atoms with Crippen molar-refractivity contribution in [3.8, 4) is 0 Å². The smallest absolute Gasteiger partial charge is 0.256 e. The highest BCUT2D eigenvalue weighted by atomic mass is 19.1. The number of nitrogens with one attached hydrogen (secondary N) is 4. The number of fused-ring (bicyclic) bond motifs is 1. The molecule has 1 aliphatic heterocycles. The van der Waals surface area contributed by atoms with Gasteiger partial charge in [0.25, 0.3) is 5.91 Å². The first kappa shape index (κ1) is 20.7. The Labute approximate surface area is 180 Å². The fourth-order valence-electron chi connectivity index (χ4n) is 3.40. The van der Waals surface area contributed by atoms with Gasteiger partial charge in [0, 0.05) is 30.2 Å². The van der Waals surface area contributed by atoms with Gasteiger partial charge in [-0.1, -0.05) is 6.07 Å². The predicted octanol–water partition coefficient (Wildman–Crippen LogP) is 3.89. The van der Waals surface area contributed by atoms with Crippen LogP contribution in [0.1, 0.15) is 35.3 Å². The van der Waals surface area contributed by atoms with Crippen molar-refractivity contribution in [2.75, 3.05) is 17.2 Å². The molecule has 0 spiro atoms. The van der Waals surface area contributed by atoms with E-state index < -0.39 is 0 Å². The molecule has 3 aromatic rings. The molecule has 4 rings (SSSR count). The minimum Gasteiger partial charge on any atom is -0.350 e. The van der Waals surface area contributed by atoms with Crippen molar-refractivity contribution >= 4 is 29.0 Å². The Morgan fingerprint density at radius 2 is 1.84 bits per heavy atom. The quantitative estimate of drug-likeness (QED) is 0.484. The maximum absolute atomic E-state index is 13.3. The van der Waals surface area contributed by atoms with Crippen LogP contribution < -0.4 is 21.3 Å². The van der Waals surface area contributed by atoms with Crippen molar-refractivity contribution in [2.45, 2.75) is 32.9 Å². The summed E-state index contributed by atoms with van der Waals surface area (Å²) in [6.07, 6.45) is 2.46. The van der Waals surface area contributed by atoms with Crippen LogP contribution in [0, 0.1) is 5.82 Å². The van der Waals surface area contributed by atoms with Crippen molar-refractivity contribution in [2.24, 2.45) is 0 Å². The van der Waals surface area contributed by atoms with E-state index in [1.165, 1.54) is 29.5 Å². The van der Waals surface area contributed by atoms with Crippen LogP contribution in [0.25, 0.3) is 0 Å². The fraction of sp³-hybridized carbons (Fsp3) is 0.261. The van der Waals surface area contributed by atoms with Gasteiger partial charge in [-0.05, 0) is 74.3 Å². The lowest BCUT2D eigenvalue weighted by Gasteiger charge is -2.18. The Hall–Kier alpha value is -3.52. The largest absolute Gasteiger partial charge is 0.350 e. The molecule has 160 valence electrons. The van der Waals surface area contributed by atoms with Gasteiger partial charge in [0.1, 0.15) is 17.2 Å². The Bertz CT molecular complexity index is 1080. The maximum Gasteiger partial charge on any atom is 0.256 e. The number of aromatic nitrogens is 2. The molecular formula is C23H25FN6O. The standard InChI is InChI=1S/C23H25FN6O/c1-14(2)27-22(31)20-13-26-23(30-21(20)28-18-7-4-17(24)5-8-18)29-19-6-3-16-12-25-10-9-15(16)11-19/h3-8,11,13-14,25H,9-10,12H2,1-2H3,(H,27,31)(H2,26,28,29,30). The first-order valence-corrected chi connectivity index (χ1v) is 10.3. The van der Waals surface area contributed by atoms with Crippen molar-refractivity contribution in [1.29, 1.82) is 0 Å². The number of rotatable bonds is 6. The van der Waals surface area contributed by atoms with Crippen LogP contribution >= 0.6 is 0 Å². The first-order chi connectivity index (χ1) is 15.0. The number of carbonyl (C=O) groups excluding carboxylic acids is 1. The Balaban J connectivity index is 1.62. The SMILES string of the molecule is CC(C)NC(=O)c1cnc(Nc2ccc3c(c2)CCNC3)nc1Nc1ccc(F)cc1. The highest BCUT2D eigenvalue weighted by molar-refractivity contribution is 5.99. The summed E-state index contributed by atoms with van der Waals surface area (Å²) < 4.78 is 13.3. The highest BCUT2D eigenvalue weighted by Crippen LogP contribution is 2.24. The van der Waals surface area contributed by atoms with Crippen molar-refractivity contribution in [3.05, 3.63) is 71.2 Å². The van der Waals surface area contributed by atoms with E-state index in [-0.39, 0.29) is 17.8 Å². The molecule has 0 saturated carbocycles.